The third-order valence-corrected chi connectivity index (χ3v) is 4.66. The molecule has 132 valence electrons. The Balaban J connectivity index is 1.86. The number of para-hydroxylation sites is 1. The van der Waals surface area contributed by atoms with Gasteiger partial charge in [0.2, 0.25) is 0 Å². The van der Waals surface area contributed by atoms with Crippen molar-refractivity contribution >= 4 is 17.6 Å². The molecule has 1 amide bonds. The Morgan fingerprint density at radius 1 is 1.28 bits per heavy atom. The van der Waals surface area contributed by atoms with Crippen LogP contribution in [0.15, 0.2) is 24.4 Å². The van der Waals surface area contributed by atoms with Gasteiger partial charge in [0.25, 0.3) is 5.91 Å². The first-order valence-corrected chi connectivity index (χ1v) is 8.28. The maximum absolute atomic E-state index is 12.6. The highest BCUT2D eigenvalue weighted by Gasteiger charge is 2.23. The fourth-order valence-corrected chi connectivity index (χ4v) is 3.36. The number of carboxylic acids is 1. The van der Waals surface area contributed by atoms with Crippen LogP contribution in [-0.4, -0.2) is 33.9 Å². The molecule has 1 heterocycles. The average Bonchev–Trinajstić information content (AvgIpc) is 3.24. The topological polar surface area (TPSA) is 93.4 Å². The summed E-state index contributed by atoms with van der Waals surface area (Å²) in [5.41, 5.74) is 1.65. The van der Waals surface area contributed by atoms with E-state index in [9.17, 15) is 14.7 Å². The van der Waals surface area contributed by atoms with Crippen LogP contribution in [0.5, 0.6) is 5.75 Å². The van der Waals surface area contributed by atoms with Gasteiger partial charge in [-0.1, -0.05) is 18.9 Å². The number of carboxylic acid groups (broad SMARTS) is 1. The Labute approximate surface area is 145 Å². The number of aromatic nitrogens is 2. The van der Waals surface area contributed by atoms with Gasteiger partial charge in [-0.2, -0.15) is 5.10 Å². The summed E-state index contributed by atoms with van der Waals surface area (Å²) in [5.74, 6) is -1.51. The number of aromatic carboxylic acids is 1. The van der Waals surface area contributed by atoms with Gasteiger partial charge in [0.15, 0.2) is 0 Å². The Bertz CT molecular complexity index is 807. The number of carbonyl (C=O) groups is 2. The fraction of sp³-hybridized carbons (Fsp3) is 0.389. The second kappa shape index (κ2) is 6.96. The van der Waals surface area contributed by atoms with Gasteiger partial charge < -0.3 is 15.2 Å². The molecular formula is C18H21N3O4. The van der Waals surface area contributed by atoms with E-state index in [0.717, 1.165) is 18.5 Å². The Kier molecular flexibility index (Phi) is 4.74. The minimum absolute atomic E-state index is 0.0477. The summed E-state index contributed by atoms with van der Waals surface area (Å²) >= 11 is 0. The van der Waals surface area contributed by atoms with E-state index in [1.54, 1.807) is 6.20 Å². The van der Waals surface area contributed by atoms with Crippen LogP contribution in [0, 0.1) is 6.92 Å². The molecule has 1 aliphatic carbocycles. The van der Waals surface area contributed by atoms with Gasteiger partial charge in [-0.05, 0) is 31.9 Å². The van der Waals surface area contributed by atoms with Crippen molar-refractivity contribution in [3.63, 3.8) is 0 Å². The largest absolute Gasteiger partial charge is 0.495 e. The molecule has 1 aromatic heterocycles. The molecule has 1 aromatic carbocycles. The molecule has 2 aromatic rings. The average molecular weight is 343 g/mol. The lowest BCUT2D eigenvalue weighted by molar-refractivity contribution is 0.0693. The molecule has 0 radical (unpaired) electrons. The van der Waals surface area contributed by atoms with E-state index >= 15 is 0 Å². The number of nitrogens with zero attached hydrogens (tertiary/aromatic N) is 2. The van der Waals surface area contributed by atoms with Crippen molar-refractivity contribution in [2.45, 2.75) is 38.6 Å². The summed E-state index contributed by atoms with van der Waals surface area (Å²) in [6.45, 7) is 1.92. The maximum atomic E-state index is 12.6. The molecule has 0 unspecified atom stereocenters. The summed E-state index contributed by atoms with van der Waals surface area (Å²) in [5, 5.41) is 16.5. The predicted octanol–water partition coefficient (Wildman–Crippen LogP) is 3.27. The molecule has 7 nitrogen and oxygen atoms in total. The number of anilines is 1. The molecule has 0 atom stereocenters. The van der Waals surface area contributed by atoms with E-state index in [0.29, 0.717) is 11.7 Å². The highest BCUT2D eigenvalue weighted by molar-refractivity contribution is 6.08. The Morgan fingerprint density at radius 2 is 1.96 bits per heavy atom. The number of ether oxygens (including phenoxy) is 1. The van der Waals surface area contributed by atoms with E-state index in [1.165, 1.54) is 38.2 Å². The molecule has 3 rings (SSSR count). The lowest BCUT2D eigenvalue weighted by atomic mass is 10.1. The molecule has 0 aliphatic heterocycles. The van der Waals surface area contributed by atoms with Crippen molar-refractivity contribution in [3.8, 4) is 5.75 Å². The molecule has 0 saturated heterocycles. The summed E-state index contributed by atoms with van der Waals surface area (Å²) in [6.07, 6.45) is 6.24. The predicted molar refractivity (Wildman–Crippen MR) is 92.4 cm³/mol. The number of amides is 1. The van der Waals surface area contributed by atoms with Gasteiger partial charge in [0, 0.05) is 0 Å². The highest BCUT2D eigenvalue weighted by atomic mass is 16.5. The summed E-state index contributed by atoms with van der Waals surface area (Å²) in [7, 11) is 1.35. The lowest BCUT2D eigenvalue weighted by Crippen LogP contribution is -2.16. The first kappa shape index (κ1) is 17.0. The molecule has 1 saturated carbocycles. The summed E-state index contributed by atoms with van der Waals surface area (Å²) in [6, 6.07) is 4.85. The Hall–Kier alpha value is -2.83. The van der Waals surface area contributed by atoms with E-state index < -0.39 is 11.9 Å². The number of rotatable bonds is 5. The van der Waals surface area contributed by atoms with Crippen molar-refractivity contribution < 1.29 is 19.4 Å². The molecule has 2 N–H and O–H groups in total. The maximum Gasteiger partial charge on any atom is 0.339 e. The second-order valence-electron chi connectivity index (χ2n) is 6.17. The molecule has 0 bridgehead atoms. The van der Waals surface area contributed by atoms with Gasteiger partial charge in [0.1, 0.15) is 11.3 Å². The normalized spacial score (nSPS) is 14.5. The van der Waals surface area contributed by atoms with Crippen LogP contribution >= 0.6 is 0 Å². The summed E-state index contributed by atoms with van der Waals surface area (Å²) < 4.78 is 7.12. The molecule has 0 spiro atoms. The molecular weight excluding hydrogens is 322 g/mol. The number of hydrogen-bond donors (Lipinski definition) is 2. The Morgan fingerprint density at radius 3 is 2.60 bits per heavy atom. The van der Waals surface area contributed by atoms with Crippen molar-refractivity contribution in [1.29, 1.82) is 0 Å². The molecule has 1 aliphatic rings. The zero-order chi connectivity index (χ0) is 18.0. The van der Waals surface area contributed by atoms with Gasteiger partial charge in [-0.25, -0.2) is 4.79 Å². The minimum Gasteiger partial charge on any atom is -0.495 e. The van der Waals surface area contributed by atoms with E-state index in [-0.39, 0.29) is 16.9 Å². The van der Waals surface area contributed by atoms with Gasteiger partial charge >= 0.3 is 5.97 Å². The zero-order valence-electron chi connectivity index (χ0n) is 14.3. The van der Waals surface area contributed by atoms with Crippen LogP contribution in [-0.2, 0) is 0 Å². The number of nitrogens with one attached hydrogen (secondary N) is 1. The van der Waals surface area contributed by atoms with Crippen molar-refractivity contribution in [2.24, 2.45) is 0 Å². The minimum atomic E-state index is -1.14. The van der Waals surface area contributed by atoms with Crippen LogP contribution in [0.3, 0.4) is 0 Å². The van der Waals surface area contributed by atoms with E-state index in [1.807, 2.05) is 11.6 Å². The van der Waals surface area contributed by atoms with Crippen LogP contribution in [0.25, 0.3) is 0 Å². The van der Waals surface area contributed by atoms with E-state index in [4.69, 9.17) is 4.74 Å². The van der Waals surface area contributed by atoms with Crippen LogP contribution in [0.2, 0.25) is 0 Å². The van der Waals surface area contributed by atoms with Crippen molar-refractivity contribution in [2.75, 3.05) is 12.4 Å². The first-order valence-electron chi connectivity index (χ1n) is 8.28. The SMILES string of the molecule is COc1c(C(=O)O)cccc1C(=O)Nc1cnn(C2CCCC2)c1C. The number of benzene rings is 1. The van der Waals surface area contributed by atoms with Crippen LogP contribution in [0.4, 0.5) is 5.69 Å². The fourth-order valence-electron chi connectivity index (χ4n) is 3.36. The zero-order valence-corrected chi connectivity index (χ0v) is 14.3. The summed E-state index contributed by atoms with van der Waals surface area (Å²) in [4.78, 5) is 23.9. The van der Waals surface area contributed by atoms with Gasteiger partial charge in [0.05, 0.1) is 36.3 Å². The first-order chi connectivity index (χ1) is 12.0. The second-order valence-corrected chi connectivity index (χ2v) is 6.17. The van der Waals surface area contributed by atoms with Crippen molar-refractivity contribution in [3.05, 3.63) is 41.2 Å². The number of carbonyl (C=O) groups excluding carboxylic acids is 1. The van der Waals surface area contributed by atoms with Crippen LogP contribution < -0.4 is 10.1 Å². The van der Waals surface area contributed by atoms with Gasteiger partial charge in [-0.15, -0.1) is 0 Å². The number of hydrogen-bond acceptors (Lipinski definition) is 4. The molecule has 1 fully saturated rings. The third kappa shape index (κ3) is 3.22. The highest BCUT2D eigenvalue weighted by Crippen LogP contribution is 2.32. The smallest absolute Gasteiger partial charge is 0.339 e. The van der Waals surface area contributed by atoms with Gasteiger partial charge in [-0.3, -0.25) is 9.48 Å². The van der Waals surface area contributed by atoms with E-state index in [2.05, 4.69) is 10.4 Å². The lowest BCUT2D eigenvalue weighted by Gasteiger charge is -2.13. The monoisotopic (exact) mass is 343 g/mol. The third-order valence-electron chi connectivity index (χ3n) is 4.66. The molecule has 7 heteroatoms. The van der Waals surface area contributed by atoms with Crippen molar-refractivity contribution in [1.82, 2.24) is 9.78 Å². The number of methoxy groups -OCH3 is 1. The van der Waals surface area contributed by atoms with Crippen LogP contribution in [0.1, 0.15) is 58.1 Å². The standard InChI is InChI=1S/C18H21N3O4/c1-11-15(10-19-21(11)12-6-3-4-7-12)20-17(22)13-8-5-9-14(18(23)24)16(13)25-2/h5,8-10,12H,3-4,6-7H2,1-2H3,(H,20,22)(H,23,24). The molecule has 25 heavy (non-hydrogen) atoms. The quantitative estimate of drug-likeness (QED) is 0.869.